The highest BCUT2D eigenvalue weighted by molar-refractivity contribution is 7.92. The summed E-state index contributed by atoms with van der Waals surface area (Å²) >= 11 is 0. The Morgan fingerprint density at radius 2 is 1.77 bits per heavy atom. The van der Waals surface area contributed by atoms with Crippen LogP contribution in [0.3, 0.4) is 0 Å². The number of carbonyl (C=O) groups excluding carboxylic acids is 1. The second-order valence-electron chi connectivity index (χ2n) is 8.09. The zero-order valence-electron chi connectivity index (χ0n) is 18.0. The van der Waals surface area contributed by atoms with E-state index in [4.69, 9.17) is 0 Å². The second-order valence-corrected chi connectivity index (χ2v) is 9.95. The topological polar surface area (TPSA) is 69.7 Å². The van der Waals surface area contributed by atoms with Gasteiger partial charge in [-0.25, -0.2) is 8.42 Å². The van der Waals surface area contributed by atoms with Gasteiger partial charge in [0.15, 0.2) is 0 Å². The first kappa shape index (κ1) is 22.3. The molecule has 1 saturated heterocycles. The summed E-state index contributed by atoms with van der Waals surface area (Å²) in [5.74, 6) is -0.327. The van der Waals surface area contributed by atoms with Crippen LogP contribution in [0.5, 0.6) is 0 Å². The minimum atomic E-state index is -3.62. The average Bonchev–Trinajstić information content (AvgIpc) is 3.18. The fraction of sp³-hybridized carbons (Fsp3) is 0.435. The molecule has 0 aliphatic carbocycles. The third kappa shape index (κ3) is 5.83. The molecule has 0 saturated carbocycles. The molecule has 1 heterocycles. The third-order valence-electron chi connectivity index (χ3n) is 5.41. The van der Waals surface area contributed by atoms with Gasteiger partial charge in [-0.15, -0.1) is 0 Å². The van der Waals surface area contributed by atoms with Gasteiger partial charge < -0.3 is 5.32 Å². The number of sulfonamides is 1. The fourth-order valence-electron chi connectivity index (χ4n) is 3.95. The van der Waals surface area contributed by atoms with Crippen LogP contribution in [-0.2, 0) is 27.9 Å². The van der Waals surface area contributed by atoms with Crippen molar-refractivity contribution < 1.29 is 13.2 Å². The highest BCUT2D eigenvalue weighted by atomic mass is 32.2. The van der Waals surface area contributed by atoms with Crippen molar-refractivity contribution in [2.45, 2.75) is 45.8 Å². The van der Waals surface area contributed by atoms with Crippen molar-refractivity contribution in [1.29, 1.82) is 0 Å². The standard InChI is InChI=1S/C23H31N3O3S/c1-18-8-6-11-22(14-18)26(30(3,28)29)19(2)23(27)24-16-20-9-7-10-21(15-20)17-25-12-4-5-13-25/h6-11,14-15,19H,4-5,12-13,16-17H2,1-3H3,(H,24,27). The smallest absolute Gasteiger partial charge is 0.243 e. The van der Waals surface area contributed by atoms with E-state index in [0.29, 0.717) is 12.2 Å². The van der Waals surface area contributed by atoms with Crippen LogP contribution in [0.15, 0.2) is 48.5 Å². The average molecular weight is 430 g/mol. The molecule has 3 rings (SSSR count). The first-order valence-corrected chi connectivity index (χ1v) is 12.2. The molecular formula is C23H31N3O3S. The summed E-state index contributed by atoms with van der Waals surface area (Å²) in [6, 6.07) is 14.5. The minimum Gasteiger partial charge on any atom is -0.350 e. The molecule has 1 N–H and O–H groups in total. The van der Waals surface area contributed by atoms with Gasteiger partial charge in [0.2, 0.25) is 15.9 Å². The molecule has 1 aliphatic rings. The van der Waals surface area contributed by atoms with E-state index in [1.54, 1.807) is 25.1 Å². The third-order valence-corrected chi connectivity index (χ3v) is 6.65. The van der Waals surface area contributed by atoms with Crippen molar-refractivity contribution in [2.75, 3.05) is 23.7 Å². The molecule has 6 nitrogen and oxygen atoms in total. The Hall–Kier alpha value is -2.38. The molecule has 2 aromatic carbocycles. The molecule has 7 heteroatoms. The van der Waals surface area contributed by atoms with Crippen molar-refractivity contribution in [3.8, 4) is 0 Å². The molecule has 0 spiro atoms. The summed E-state index contributed by atoms with van der Waals surface area (Å²) < 4.78 is 26.0. The highest BCUT2D eigenvalue weighted by Gasteiger charge is 2.29. The van der Waals surface area contributed by atoms with Crippen LogP contribution in [0, 0.1) is 6.92 Å². The Balaban J connectivity index is 1.67. The first-order chi connectivity index (χ1) is 14.2. The fourth-order valence-corrected chi connectivity index (χ4v) is 5.11. The molecular weight excluding hydrogens is 398 g/mol. The number of hydrogen-bond acceptors (Lipinski definition) is 4. The van der Waals surface area contributed by atoms with Crippen molar-refractivity contribution in [1.82, 2.24) is 10.2 Å². The number of nitrogens with one attached hydrogen (secondary N) is 1. The molecule has 1 aliphatic heterocycles. The number of benzene rings is 2. The van der Waals surface area contributed by atoms with Crippen LogP contribution in [0.1, 0.15) is 36.5 Å². The number of hydrogen-bond donors (Lipinski definition) is 1. The van der Waals surface area contributed by atoms with Gasteiger partial charge in [0, 0.05) is 13.1 Å². The summed E-state index contributed by atoms with van der Waals surface area (Å²) in [6.45, 7) is 7.07. The zero-order chi connectivity index (χ0) is 21.7. The van der Waals surface area contributed by atoms with Gasteiger partial charge in [0.1, 0.15) is 6.04 Å². The van der Waals surface area contributed by atoms with Crippen LogP contribution in [0.25, 0.3) is 0 Å². The lowest BCUT2D eigenvalue weighted by Crippen LogP contribution is -2.47. The molecule has 30 heavy (non-hydrogen) atoms. The molecule has 0 bridgehead atoms. The minimum absolute atomic E-state index is 0.327. The van der Waals surface area contributed by atoms with E-state index in [-0.39, 0.29) is 5.91 Å². The molecule has 1 amide bonds. The number of aryl methyl sites for hydroxylation is 1. The number of anilines is 1. The van der Waals surface area contributed by atoms with Crippen LogP contribution >= 0.6 is 0 Å². The van der Waals surface area contributed by atoms with E-state index < -0.39 is 16.1 Å². The van der Waals surface area contributed by atoms with Gasteiger partial charge >= 0.3 is 0 Å². The van der Waals surface area contributed by atoms with E-state index in [1.807, 2.05) is 25.1 Å². The van der Waals surface area contributed by atoms with Gasteiger partial charge in [0.05, 0.1) is 11.9 Å². The maximum Gasteiger partial charge on any atom is 0.243 e. The van der Waals surface area contributed by atoms with Gasteiger partial charge in [-0.1, -0.05) is 36.4 Å². The van der Waals surface area contributed by atoms with Gasteiger partial charge in [-0.05, 0) is 68.6 Å². The van der Waals surface area contributed by atoms with Crippen molar-refractivity contribution in [3.05, 3.63) is 65.2 Å². The Labute approximate surface area is 179 Å². The molecule has 1 atom stereocenters. The monoisotopic (exact) mass is 429 g/mol. The lowest BCUT2D eigenvalue weighted by molar-refractivity contribution is -0.122. The van der Waals surface area contributed by atoms with Gasteiger partial charge in [0.25, 0.3) is 0 Å². The predicted molar refractivity (Wildman–Crippen MR) is 121 cm³/mol. The Morgan fingerprint density at radius 3 is 2.43 bits per heavy atom. The van der Waals surface area contributed by atoms with Crippen LogP contribution < -0.4 is 9.62 Å². The van der Waals surface area contributed by atoms with Crippen LogP contribution in [0.2, 0.25) is 0 Å². The molecule has 162 valence electrons. The molecule has 2 aromatic rings. The quantitative estimate of drug-likeness (QED) is 0.700. The summed E-state index contributed by atoms with van der Waals surface area (Å²) in [5.41, 5.74) is 3.67. The van der Waals surface area contributed by atoms with Crippen LogP contribution in [-0.4, -0.2) is 44.6 Å². The molecule has 1 unspecified atom stereocenters. The normalized spacial score (nSPS) is 15.7. The van der Waals surface area contributed by atoms with Crippen LogP contribution in [0.4, 0.5) is 5.69 Å². The maximum atomic E-state index is 12.8. The lowest BCUT2D eigenvalue weighted by atomic mass is 10.1. The molecule has 0 aromatic heterocycles. The Bertz CT molecular complexity index is 985. The highest BCUT2D eigenvalue weighted by Crippen LogP contribution is 2.22. The Kier molecular flexibility index (Phi) is 7.15. The Morgan fingerprint density at radius 1 is 1.10 bits per heavy atom. The number of amides is 1. The number of likely N-dealkylation sites (tertiary alicyclic amines) is 1. The predicted octanol–water partition coefficient (Wildman–Crippen LogP) is 3.06. The summed E-state index contributed by atoms with van der Waals surface area (Å²) in [5, 5.41) is 2.90. The number of nitrogens with zero attached hydrogens (tertiary/aromatic N) is 2. The van der Waals surface area contributed by atoms with Crippen molar-refractivity contribution in [3.63, 3.8) is 0 Å². The van der Waals surface area contributed by atoms with Gasteiger partial charge in [-0.3, -0.25) is 14.0 Å². The molecule has 0 radical (unpaired) electrons. The maximum absolute atomic E-state index is 12.8. The van der Waals surface area contributed by atoms with Gasteiger partial charge in [-0.2, -0.15) is 0 Å². The van der Waals surface area contributed by atoms with E-state index in [2.05, 4.69) is 22.3 Å². The van der Waals surface area contributed by atoms with Crippen molar-refractivity contribution >= 4 is 21.6 Å². The van der Waals surface area contributed by atoms with E-state index in [1.165, 1.54) is 22.7 Å². The lowest BCUT2D eigenvalue weighted by Gasteiger charge is -2.28. The van der Waals surface area contributed by atoms with E-state index in [0.717, 1.165) is 37.0 Å². The zero-order valence-corrected chi connectivity index (χ0v) is 18.8. The largest absolute Gasteiger partial charge is 0.350 e. The van der Waals surface area contributed by atoms with E-state index >= 15 is 0 Å². The number of rotatable bonds is 8. The summed E-state index contributed by atoms with van der Waals surface area (Å²) in [4.78, 5) is 15.2. The summed E-state index contributed by atoms with van der Waals surface area (Å²) in [7, 11) is -3.62. The van der Waals surface area contributed by atoms with Crippen molar-refractivity contribution in [2.24, 2.45) is 0 Å². The first-order valence-electron chi connectivity index (χ1n) is 10.4. The number of carbonyl (C=O) groups is 1. The second kappa shape index (κ2) is 9.62. The SMILES string of the molecule is Cc1cccc(N(C(C)C(=O)NCc2cccc(CN3CCCC3)c2)S(C)(=O)=O)c1. The molecule has 1 fully saturated rings. The van der Waals surface area contributed by atoms with E-state index in [9.17, 15) is 13.2 Å². The summed E-state index contributed by atoms with van der Waals surface area (Å²) in [6.07, 6.45) is 3.64.